The van der Waals surface area contributed by atoms with Crippen molar-refractivity contribution in [2.75, 3.05) is 13.1 Å². The molecular weight excluding hydrogens is 561 g/mol. The van der Waals surface area contributed by atoms with Crippen molar-refractivity contribution in [1.82, 2.24) is 8.87 Å². The number of aliphatic hydroxyl groups is 1. The number of alkyl halides is 3. The zero-order chi connectivity index (χ0) is 28.3. The van der Waals surface area contributed by atoms with E-state index in [-0.39, 0.29) is 43.1 Å². The molecule has 39 heavy (non-hydrogen) atoms. The lowest BCUT2D eigenvalue weighted by Gasteiger charge is -2.39. The van der Waals surface area contributed by atoms with Crippen molar-refractivity contribution in [2.24, 2.45) is 5.92 Å². The standard InChI is InChI=1S/C26H22ClF3N2O6S/c27-21-3-1-2-20(26(28,29)30)23(21)39(37,38)32-13-19(14-4-6-15(7-5-14)25(35)36)18-9-8-16(10-22(18)32)24(34)31-11-17(33)12-31/h1-7,13,16-17,33H,8-12H2,(H,35,36). The number of hydrogen-bond donors (Lipinski definition) is 2. The van der Waals surface area contributed by atoms with Crippen molar-refractivity contribution in [3.8, 4) is 11.1 Å². The fourth-order valence-corrected chi connectivity index (χ4v) is 7.32. The number of carboxylic acids is 1. The van der Waals surface area contributed by atoms with Crippen molar-refractivity contribution >= 4 is 33.5 Å². The molecule has 2 aliphatic rings. The van der Waals surface area contributed by atoms with Crippen LogP contribution in [0.25, 0.3) is 11.1 Å². The number of amides is 1. The van der Waals surface area contributed by atoms with Gasteiger partial charge in [0, 0.05) is 42.9 Å². The zero-order valence-corrected chi connectivity index (χ0v) is 21.7. The molecule has 1 amide bonds. The molecule has 3 aromatic rings. The summed E-state index contributed by atoms with van der Waals surface area (Å²) in [6.07, 6.45) is -3.86. The van der Waals surface area contributed by atoms with E-state index in [2.05, 4.69) is 0 Å². The molecule has 2 aromatic carbocycles. The number of nitrogens with zero attached hydrogens (tertiary/aromatic N) is 2. The highest BCUT2D eigenvalue weighted by atomic mass is 35.5. The number of likely N-dealkylation sites (tertiary alicyclic amines) is 1. The summed E-state index contributed by atoms with van der Waals surface area (Å²) in [7, 11) is -4.90. The summed E-state index contributed by atoms with van der Waals surface area (Å²) in [6.45, 7) is 0.328. The Morgan fingerprint density at radius 3 is 2.31 bits per heavy atom. The van der Waals surface area contributed by atoms with E-state index >= 15 is 0 Å². The number of halogens is 4. The smallest absolute Gasteiger partial charge is 0.417 e. The van der Waals surface area contributed by atoms with E-state index in [9.17, 15) is 41.4 Å². The maximum absolute atomic E-state index is 13.9. The Kier molecular flexibility index (Phi) is 6.76. The highest BCUT2D eigenvalue weighted by molar-refractivity contribution is 7.90. The molecule has 206 valence electrons. The van der Waals surface area contributed by atoms with Gasteiger partial charge in [-0.1, -0.05) is 29.8 Å². The van der Waals surface area contributed by atoms with Gasteiger partial charge in [0.05, 0.1) is 22.3 Å². The van der Waals surface area contributed by atoms with E-state index in [1.807, 2.05) is 0 Å². The van der Waals surface area contributed by atoms with Crippen LogP contribution in [0, 0.1) is 5.92 Å². The third-order valence-electron chi connectivity index (χ3n) is 7.12. The molecule has 1 aliphatic heterocycles. The third-order valence-corrected chi connectivity index (χ3v) is 9.35. The van der Waals surface area contributed by atoms with E-state index < -0.39 is 49.7 Å². The number of aliphatic hydroxyl groups excluding tert-OH is 1. The summed E-state index contributed by atoms with van der Waals surface area (Å²) in [5.74, 6) is -2.05. The van der Waals surface area contributed by atoms with Crippen molar-refractivity contribution in [3.63, 3.8) is 0 Å². The number of aromatic nitrogens is 1. The van der Waals surface area contributed by atoms with Gasteiger partial charge < -0.3 is 15.1 Å². The summed E-state index contributed by atoms with van der Waals surface area (Å²) in [6, 6.07) is 8.39. The van der Waals surface area contributed by atoms with Crippen LogP contribution >= 0.6 is 11.6 Å². The lowest BCUT2D eigenvalue weighted by Crippen LogP contribution is -2.55. The Hall–Kier alpha value is -3.35. The molecule has 1 aromatic heterocycles. The zero-order valence-electron chi connectivity index (χ0n) is 20.2. The van der Waals surface area contributed by atoms with E-state index in [1.54, 1.807) is 0 Å². The first-order chi connectivity index (χ1) is 18.3. The molecule has 0 spiro atoms. The van der Waals surface area contributed by atoms with Gasteiger partial charge in [0.2, 0.25) is 5.91 Å². The van der Waals surface area contributed by atoms with Crippen LogP contribution in [0.2, 0.25) is 5.02 Å². The number of aromatic carboxylic acids is 1. The predicted molar refractivity (Wildman–Crippen MR) is 134 cm³/mol. The average molecular weight is 583 g/mol. The second kappa shape index (κ2) is 9.68. The quantitative estimate of drug-likeness (QED) is 0.468. The third kappa shape index (κ3) is 4.81. The SMILES string of the molecule is O=C(O)c1ccc(-c2cn(S(=O)(=O)c3c(Cl)cccc3C(F)(F)F)c3c2CCC(C(=O)N2CC(O)C2)C3)cc1. The van der Waals surface area contributed by atoms with Crippen molar-refractivity contribution in [1.29, 1.82) is 0 Å². The maximum Gasteiger partial charge on any atom is 0.417 e. The van der Waals surface area contributed by atoms with Gasteiger partial charge in [-0.05, 0) is 48.2 Å². The molecule has 1 aliphatic carbocycles. The van der Waals surface area contributed by atoms with Gasteiger partial charge in [-0.25, -0.2) is 17.2 Å². The number of hydrogen-bond acceptors (Lipinski definition) is 5. The highest BCUT2D eigenvalue weighted by Crippen LogP contribution is 2.42. The van der Waals surface area contributed by atoms with Gasteiger partial charge >= 0.3 is 12.1 Å². The minimum absolute atomic E-state index is 0.00737. The molecule has 0 radical (unpaired) electrons. The van der Waals surface area contributed by atoms with Crippen molar-refractivity contribution < 1.29 is 41.4 Å². The lowest BCUT2D eigenvalue weighted by molar-refractivity contribution is -0.146. The molecule has 2 heterocycles. The van der Waals surface area contributed by atoms with E-state index in [1.165, 1.54) is 35.4 Å². The number of carboxylic acid groups (broad SMARTS) is 1. The molecule has 8 nitrogen and oxygen atoms in total. The largest absolute Gasteiger partial charge is 0.478 e. The first-order valence-electron chi connectivity index (χ1n) is 11.9. The summed E-state index contributed by atoms with van der Waals surface area (Å²) < 4.78 is 70.1. The minimum Gasteiger partial charge on any atom is -0.478 e. The van der Waals surface area contributed by atoms with Crippen LogP contribution < -0.4 is 0 Å². The fraction of sp³-hybridized carbons (Fsp3) is 0.308. The first-order valence-corrected chi connectivity index (χ1v) is 13.8. The van der Waals surface area contributed by atoms with Crippen LogP contribution in [0.15, 0.2) is 53.6 Å². The Balaban J connectivity index is 1.66. The molecule has 0 saturated carbocycles. The minimum atomic E-state index is -5.01. The number of carbonyl (C=O) groups is 2. The van der Waals surface area contributed by atoms with Crippen LogP contribution in [0.5, 0.6) is 0 Å². The summed E-state index contributed by atoms with van der Waals surface area (Å²) in [4.78, 5) is 24.7. The Morgan fingerprint density at radius 2 is 1.72 bits per heavy atom. The van der Waals surface area contributed by atoms with Crippen LogP contribution in [0.1, 0.15) is 33.6 Å². The van der Waals surface area contributed by atoms with E-state index in [4.69, 9.17) is 11.6 Å². The monoisotopic (exact) mass is 582 g/mol. The van der Waals surface area contributed by atoms with Gasteiger partial charge in [-0.2, -0.15) is 13.2 Å². The number of benzene rings is 2. The Labute approximate surface area is 226 Å². The first kappa shape index (κ1) is 27.2. The Bertz CT molecular complexity index is 1580. The highest BCUT2D eigenvalue weighted by Gasteiger charge is 2.42. The van der Waals surface area contributed by atoms with Gasteiger partial charge in [0.25, 0.3) is 10.0 Å². The number of β-amino-alcohol motifs (C(OH)–C–C–N with tert-alkyl or cyclic N) is 1. The van der Waals surface area contributed by atoms with Crippen molar-refractivity contribution in [3.05, 3.63) is 76.1 Å². The van der Waals surface area contributed by atoms with E-state index in [0.29, 0.717) is 29.2 Å². The normalized spacial score (nSPS) is 18.0. The van der Waals surface area contributed by atoms with Gasteiger partial charge in [0.1, 0.15) is 4.90 Å². The number of carbonyl (C=O) groups excluding carboxylic acids is 1. The molecule has 1 saturated heterocycles. The Morgan fingerprint density at radius 1 is 1.05 bits per heavy atom. The molecule has 2 N–H and O–H groups in total. The summed E-state index contributed by atoms with van der Waals surface area (Å²) >= 11 is 6.05. The molecular formula is C26H22ClF3N2O6S. The van der Waals surface area contributed by atoms with Crippen LogP contribution in [0.4, 0.5) is 13.2 Å². The average Bonchev–Trinajstić information content (AvgIpc) is 3.25. The molecule has 13 heteroatoms. The van der Waals surface area contributed by atoms with Gasteiger partial charge in [0.15, 0.2) is 0 Å². The molecule has 1 atom stereocenters. The van der Waals surface area contributed by atoms with Crippen LogP contribution in [-0.4, -0.2) is 58.6 Å². The maximum atomic E-state index is 13.9. The van der Waals surface area contributed by atoms with Gasteiger partial charge in [-0.15, -0.1) is 0 Å². The summed E-state index contributed by atoms with van der Waals surface area (Å²) in [5, 5.41) is 18.2. The molecule has 1 unspecified atom stereocenters. The lowest BCUT2D eigenvalue weighted by atomic mass is 9.84. The van der Waals surface area contributed by atoms with Crippen LogP contribution in [0.3, 0.4) is 0 Å². The second-order valence-corrected chi connectivity index (χ2v) is 11.8. The predicted octanol–water partition coefficient (Wildman–Crippen LogP) is 4.07. The number of fused-ring (bicyclic) bond motifs is 1. The van der Waals surface area contributed by atoms with E-state index in [0.717, 1.165) is 16.1 Å². The molecule has 0 bridgehead atoms. The van der Waals surface area contributed by atoms with Crippen LogP contribution in [-0.2, 0) is 33.8 Å². The molecule has 5 rings (SSSR count). The topological polar surface area (TPSA) is 117 Å². The number of rotatable bonds is 5. The second-order valence-electron chi connectivity index (χ2n) is 9.60. The fourth-order valence-electron chi connectivity index (χ4n) is 5.16. The molecule has 1 fully saturated rings. The summed E-state index contributed by atoms with van der Waals surface area (Å²) in [5.41, 5.74) is 0.157. The van der Waals surface area contributed by atoms with Gasteiger partial charge in [-0.3, -0.25) is 4.79 Å². The van der Waals surface area contributed by atoms with Crippen molar-refractivity contribution in [2.45, 2.75) is 36.4 Å².